The number of nitrogens with one attached hydrogen (secondary N) is 1. The molecule has 154 valence electrons. The third-order valence-corrected chi connectivity index (χ3v) is 6.43. The number of halogens is 4. The number of aromatic nitrogens is 1. The molecule has 0 fully saturated rings. The Bertz CT molecular complexity index is 983. The maximum atomic E-state index is 13.0. The first-order chi connectivity index (χ1) is 12.9. The minimum Gasteiger partial charge on any atom is -0.345 e. The molecule has 0 unspecified atom stereocenters. The molecule has 0 bridgehead atoms. The lowest BCUT2D eigenvalue weighted by Crippen LogP contribution is -2.30. The molecular formula is C17H19ClF3N3O3S. The van der Waals surface area contributed by atoms with Gasteiger partial charge in [0.15, 0.2) is 0 Å². The van der Waals surface area contributed by atoms with Gasteiger partial charge in [0.25, 0.3) is 5.91 Å². The van der Waals surface area contributed by atoms with Gasteiger partial charge in [-0.25, -0.2) is 8.42 Å². The maximum absolute atomic E-state index is 13.0. The number of sulfonamides is 1. The fourth-order valence-corrected chi connectivity index (χ4v) is 4.38. The van der Waals surface area contributed by atoms with E-state index >= 15 is 0 Å². The van der Waals surface area contributed by atoms with Crippen molar-refractivity contribution in [3.05, 3.63) is 46.7 Å². The van der Waals surface area contributed by atoms with Crippen LogP contribution in [0.15, 0.2) is 35.4 Å². The number of carbonyl (C=O) groups is 1. The van der Waals surface area contributed by atoms with Crippen molar-refractivity contribution < 1.29 is 26.4 Å². The molecule has 1 aromatic carbocycles. The molecule has 0 spiro atoms. The standard InChI is InChI=1S/C17H19ClF3N3O3S/c1-4-24(5-2)28(26,27)12-9-15(23(3)10-12)16(25)22-11-6-7-14(18)13(8-11)17(19,20)21/h6-10H,4-5H2,1-3H3,(H,22,25). The summed E-state index contributed by atoms with van der Waals surface area (Å²) >= 11 is 5.56. The Balaban J connectivity index is 2.33. The van der Waals surface area contributed by atoms with Crippen molar-refractivity contribution in [2.75, 3.05) is 18.4 Å². The van der Waals surface area contributed by atoms with Crippen LogP contribution in [-0.4, -0.2) is 36.3 Å². The van der Waals surface area contributed by atoms with Gasteiger partial charge in [-0.2, -0.15) is 17.5 Å². The summed E-state index contributed by atoms with van der Waals surface area (Å²) in [7, 11) is -2.30. The van der Waals surface area contributed by atoms with Gasteiger partial charge in [-0.1, -0.05) is 25.4 Å². The SMILES string of the molecule is CCN(CC)S(=O)(=O)c1cc(C(=O)Nc2ccc(Cl)c(C(F)(F)F)c2)n(C)c1. The third kappa shape index (κ3) is 4.50. The van der Waals surface area contributed by atoms with Crippen LogP contribution in [-0.2, 0) is 23.2 Å². The molecule has 28 heavy (non-hydrogen) atoms. The minimum atomic E-state index is -4.67. The Morgan fingerprint density at radius 3 is 2.36 bits per heavy atom. The Morgan fingerprint density at radius 1 is 1.21 bits per heavy atom. The Morgan fingerprint density at radius 2 is 1.82 bits per heavy atom. The van der Waals surface area contributed by atoms with Crippen molar-refractivity contribution in [1.29, 1.82) is 0 Å². The van der Waals surface area contributed by atoms with Crippen LogP contribution < -0.4 is 5.32 Å². The number of rotatable bonds is 6. The van der Waals surface area contributed by atoms with Crippen LogP contribution in [0.1, 0.15) is 29.9 Å². The molecule has 0 saturated heterocycles. The molecule has 0 saturated carbocycles. The quantitative estimate of drug-likeness (QED) is 0.743. The fraction of sp³-hybridized carbons (Fsp3) is 0.353. The first-order valence-corrected chi connectivity index (χ1v) is 10.1. The van der Waals surface area contributed by atoms with Gasteiger partial charge in [0.2, 0.25) is 10.0 Å². The van der Waals surface area contributed by atoms with Gasteiger partial charge in [-0.05, 0) is 24.3 Å². The van der Waals surface area contributed by atoms with E-state index in [0.717, 1.165) is 12.1 Å². The molecule has 6 nitrogen and oxygen atoms in total. The zero-order valence-electron chi connectivity index (χ0n) is 15.3. The number of hydrogen-bond donors (Lipinski definition) is 1. The highest BCUT2D eigenvalue weighted by Gasteiger charge is 2.33. The summed E-state index contributed by atoms with van der Waals surface area (Å²) in [6.45, 7) is 3.91. The molecule has 0 aliphatic heterocycles. The Labute approximate surface area is 165 Å². The molecule has 1 N–H and O–H groups in total. The second kappa shape index (κ2) is 8.14. The predicted molar refractivity (Wildman–Crippen MR) is 99.9 cm³/mol. The van der Waals surface area contributed by atoms with Gasteiger partial charge in [0, 0.05) is 32.0 Å². The smallest absolute Gasteiger partial charge is 0.345 e. The zero-order chi connectivity index (χ0) is 21.3. The number of anilines is 1. The van der Waals surface area contributed by atoms with E-state index in [4.69, 9.17) is 11.6 Å². The molecule has 2 rings (SSSR count). The molecule has 1 aromatic heterocycles. The lowest BCUT2D eigenvalue weighted by molar-refractivity contribution is -0.137. The average molecular weight is 438 g/mol. The lowest BCUT2D eigenvalue weighted by atomic mass is 10.2. The summed E-state index contributed by atoms with van der Waals surface area (Å²) in [5, 5.41) is 1.84. The van der Waals surface area contributed by atoms with E-state index in [1.165, 1.54) is 34.2 Å². The predicted octanol–water partition coefficient (Wildman–Crippen LogP) is 3.98. The van der Waals surface area contributed by atoms with E-state index in [1.807, 2.05) is 0 Å². The van der Waals surface area contributed by atoms with E-state index in [0.29, 0.717) is 0 Å². The van der Waals surface area contributed by atoms with Crippen LogP contribution in [0.2, 0.25) is 5.02 Å². The first-order valence-electron chi connectivity index (χ1n) is 8.26. The largest absolute Gasteiger partial charge is 0.417 e. The topological polar surface area (TPSA) is 71.4 Å². The maximum Gasteiger partial charge on any atom is 0.417 e. The van der Waals surface area contributed by atoms with Crippen molar-refractivity contribution in [2.45, 2.75) is 24.9 Å². The summed E-state index contributed by atoms with van der Waals surface area (Å²) in [4.78, 5) is 12.4. The number of benzene rings is 1. The number of aryl methyl sites for hydroxylation is 1. The van der Waals surface area contributed by atoms with Crippen molar-refractivity contribution >= 4 is 33.2 Å². The molecule has 0 aliphatic carbocycles. The normalized spacial score (nSPS) is 12.4. The van der Waals surface area contributed by atoms with Gasteiger partial charge in [-0.3, -0.25) is 4.79 Å². The van der Waals surface area contributed by atoms with Crippen molar-refractivity contribution in [1.82, 2.24) is 8.87 Å². The zero-order valence-corrected chi connectivity index (χ0v) is 16.9. The molecule has 0 radical (unpaired) electrons. The van der Waals surface area contributed by atoms with Gasteiger partial charge in [0.05, 0.1) is 10.6 Å². The van der Waals surface area contributed by atoms with Crippen molar-refractivity contribution in [3.8, 4) is 0 Å². The van der Waals surface area contributed by atoms with Gasteiger partial charge in [-0.15, -0.1) is 0 Å². The minimum absolute atomic E-state index is 0.0192. The number of carbonyl (C=O) groups excluding carboxylic acids is 1. The van der Waals surface area contributed by atoms with Crippen molar-refractivity contribution in [2.24, 2.45) is 7.05 Å². The fourth-order valence-electron chi connectivity index (χ4n) is 2.63. The van der Waals surface area contributed by atoms with Crippen LogP contribution >= 0.6 is 11.6 Å². The molecular weight excluding hydrogens is 419 g/mol. The van der Waals surface area contributed by atoms with E-state index in [1.54, 1.807) is 13.8 Å². The number of alkyl halides is 3. The van der Waals surface area contributed by atoms with E-state index in [-0.39, 0.29) is 29.4 Å². The number of nitrogens with zero attached hydrogens (tertiary/aromatic N) is 2. The summed E-state index contributed by atoms with van der Waals surface area (Å²) in [5.74, 6) is -0.751. The van der Waals surface area contributed by atoms with Crippen LogP contribution in [0, 0.1) is 0 Å². The molecule has 2 aromatic rings. The first kappa shape index (κ1) is 22.3. The Kier molecular flexibility index (Phi) is 6.47. The summed E-state index contributed by atoms with van der Waals surface area (Å²) in [6.07, 6.45) is -3.39. The Hall–Kier alpha value is -2.04. The van der Waals surface area contributed by atoms with Gasteiger partial charge >= 0.3 is 6.18 Å². The van der Waals surface area contributed by atoms with Crippen LogP contribution in [0.25, 0.3) is 0 Å². The molecule has 1 heterocycles. The molecule has 11 heteroatoms. The highest BCUT2D eigenvalue weighted by Crippen LogP contribution is 2.36. The summed E-state index contributed by atoms with van der Waals surface area (Å²) < 4.78 is 66.6. The molecule has 0 aliphatic rings. The van der Waals surface area contributed by atoms with Crippen LogP contribution in [0.4, 0.5) is 18.9 Å². The molecule has 0 atom stereocenters. The summed E-state index contributed by atoms with van der Waals surface area (Å²) in [5.41, 5.74) is -1.21. The second-order valence-electron chi connectivity index (χ2n) is 5.91. The van der Waals surface area contributed by atoms with E-state index in [9.17, 15) is 26.4 Å². The average Bonchev–Trinajstić information content (AvgIpc) is 2.99. The third-order valence-electron chi connectivity index (χ3n) is 4.09. The monoisotopic (exact) mass is 437 g/mol. The highest BCUT2D eigenvalue weighted by molar-refractivity contribution is 7.89. The van der Waals surface area contributed by atoms with E-state index in [2.05, 4.69) is 5.32 Å². The number of hydrogen-bond acceptors (Lipinski definition) is 3. The van der Waals surface area contributed by atoms with Gasteiger partial charge < -0.3 is 9.88 Å². The highest BCUT2D eigenvalue weighted by atomic mass is 35.5. The van der Waals surface area contributed by atoms with Crippen LogP contribution in [0.3, 0.4) is 0 Å². The number of amides is 1. The van der Waals surface area contributed by atoms with Crippen LogP contribution in [0.5, 0.6) is 0 Å². The van der Waals surface area contributed by atoms with Crippen molar-refractivity contribution in [3.63, 3.8) is 0 Å². The summed E-state index contributed by atoms with van der Waals surface area (Å²) in [6, 6.07) is 4.16. The lowest BCUT2D eigenvalue weighted by Gasteiger charge is -2.17. The van der Waals surface area contributed by atoms with Gasteiger partial charge in [0.1, 0.15) is 10.6 Å². The second-order valence-corrected chi connectivity index (χ2v) is 8.25. The van der Waals surface area contributed by atoms with E-state index < -0.39 is 32.7 Å². The molecule has 1 amide bonds.